The van der Waals surface area contributed by atoms with E-state index in [0.717, 1.165) is 5.57 Å². The van der Waals surface area contributed by atoms with Gasteiger partial charge in [0.15, 0.2) is 17.7 Å². The van der Waals surface area contributed by atoms with Gasteiger partial charge in [0.1, 0.15) is 36.3 Å². The summed E-state index contributed by atoms with van der Waals surface area (Å²) in [5.74, 6) is -4.18. The molecule has 15 nitrogen and oxygen atoms in total. The minimum Gasteiger partial charge on any atom is -0.460 e. The summed E-state index contributed by atoms with van der Waals surface area (Å²) in [6.45, 7) is 11.7. The first kappa shape index (κ1) is 54.6. The summed E-state index contributed by atoms with van der Waals surface area (Å²) in [7, 11) is 3.07. The predicted octanol–water partition coefficient (Wildman–Crippen LogP) is 3.80. The molecule has 4 unspecified atom stereocenters. The lowest BCUT2D eigenvalue weighted by Gasteiger charge is -2.41. The third-order valence-corrected chi connectivity index (χ3v) is 15.1. The van der Waals surface area contributed by atoms with E-state index in [-0.39, 0.29) is 79.7 Å². The number of allylic oxidation sites excluding steroid dienone is 6. The van der Waals surface area contributed by atoms with Gasteiger partial charge in [0.25, 0.3) is 0 Å². The van der Waals surface area contributed by atoms with Crippen LogP contribution in [0.1, 0.15) is 119 Å². The van der Waals surface area contributed by atoms with Gasteiger partial charge in [-0.25, -0.2) is 4.79 Å². The quantitative estimate of drug-likeness (QED) is 0.153. The minimum atomic E-state index is -1.97. The van der Waals surface area contributed by atoms with Crippen LogP contribution in [0.5, 0.6) is 0 Å². The number of fused-ring (bicyclic) bond motifs is 1. The summed E-state index contributed by atoms with van der Waals surface area (Å²) in [5.41, 5.74) is -2.47. The Morgan fingerprint density at radius 2 is 1.54 bits per heavy atom. The van der Waals surface area contributed by atoms with E-state index in [9.17, 15) is 54.9 Å². The molecule has 0 radical (unpaired) electrons. The lowest BCUT2D eigenvalue weighted by atomic mass is 9.68. The first-order valence-electron chi connectivity index (χ1n) is 23.4. The molecule has 17 atom stereocenters. The van der Waals surface area contributed by atoms with Gasteiger partial charge < -0.3 is 54.7 Å². The summed E-state index contributed by atoms with van der Waals surface area (Å²) >= 11 is 0. The van der Waals surface area contributed by atoms with E-state index in [1.54, 1.807) is 45.1 Å². The van der Waals surface area contributed by atoms with Crippen molar-refractivity contribution >= 4 is 23.3 Å². The third-order valence-electron chi connectivity index (χ3n) is 15.1. The Morgan fingerprint density at radius 3 is 2.20 bits per heavy atom. The molecule has 0 aromatic carbocycles. The first-order valence-corrected chi connectivity index (χ1v) is 23.4. The molecule has 4 rings (SSSR count). The first-order chi connectivity index (χ1) is 30.4. The molecule has 3 aliphatic carbocycles. The van der Waals surface area contributed by atoms with Crippen LogP contribution in [-0.4, -0.2) is 147 Å². The number of Topliss-reactive ketones (excluding diaryl/α,β-unsaturated/α-hetero) is 3. The summed E-state index contributed by atoms with van der Waals surface area (Å²) in [6.07, 6.45) is 1.48. The Balaban J connectivity index is 1.60. The third kappa shape index (κ3) is 13.2. The van der Waals surface area contributed by atoms with Crippen molar-refractivity contribution in [3.63, 3.8) is 0 Å². The van der Waals surface area contributed by atoms with Gasteiger partial charge in [0.2, 0.25) is 0 Å². The van der Waals surface area contributed by atoms with Crippen LogP contribution in [-0.2, 0) is 38.1 Å². The molecule has 3 saturated carbocycles. The highest BCUT2D eigenvalue weighted by Crippen LogP contribution is 2.73. The second-order valence-corrected chi connectivity index (χ2v) is 20.1. The number of ketones is 3. The largest absolute Gasteiger partial charge is 0.460 e. The number of esters is 1. The highest BCUT2D eigenvalue weighted by atomic mass is 16.6. The molecular weight excluding hydrogens is 841 g/mol. The maximum atomic E-state index is 14.2. The Hall–Kier alpha value is -2.96. The summed E-state index contributed by atoms with van der Waals surface area (Å²) < 4.78 is 23.1. The summed E-state index contributed by atoms with van der Waals surface area (Å²) in [6, 6.07) is 0. The van der Waals surface area contributed by atoms with Gasteiger partial charge in [-0.05, 0) is 101 Å². The molecule has 65 heavy (non-hydrogen) atoms. The van der Waals surface area contributed by atoms with E-state index >= 15 is 0 Å². The number of carbonyl (C=O) groups is 4. The zero-order valence-corrected chi connectivity index (χ0v) is 39.9. The summed E-state index contributed by atoms with van der Waals surface area (Å²) in [4.78, 5) is 54.5. The number of ether oxygens (including phenoxy) is 4. The maximum Gasteiger partial charge on any atom is 0.335 e. The zero-order valence-electron chi connectivity index (χ0n) is 39.9. The van der Waals surface area contributed by atoms with Crippen molar-refractivity contribution in [2.45, 2.75) is 186 Å². The van der Waals surface area contributed by atoms with Crippen molar-refractivity contribution in [3.05, 3.63) is 47.6 Å². The molecule has 3 fully saturated rings. The molecule has 15 heteroatoms. The molecule has 2 bridgehead atoms. The van der Waals surface area contributed by atoms with Crippen LogP contribution in [0.3, 0.4) is 0 Å². The zero-order chi connectivity index (χ0) is 48.6. The predicted molar refractivity (Wildman–Crippen MR) is 241 cm³/mol. The molecule has 1 aliphatic heterocycles. The molecule has 4 aliphatic rings. The Bertz CT molecular complexity index is 1770. The van der Waals surface area contributed by atoms with Crippen molar-refractivity contribution < 1.29 is 73.9 Å². The van der Waals surface area contributed by atoms with Crippen LogP contribution in [0.15, 0.2) is 47.6 Å². The minimum absolute atomic E-state index is 0.00701. The fourth-order valence-corrected chi connectivity index (χ4v) is 10.5. The smallest absolute Gasteiger partial charge is 0.335 e. The highest BCUT2D eigenvalue weighted by molar-refractivity contribution is 5.94. The van der Waals surface area contributed by atoms with Crippen molar-refractivity contribution in [2.24, 2.45) is 34.5 Å². The maximum absolute atomic E-state index is 14.2. The number of hydrogen-bond donors (Lipinski definition) is 7. The van der Waals surface area contributed by atoms with Gasteiger partial charge in [-0.2, -0.15) is 0 Å². The Kier molecular flexibility index (Phi) is 19.6. The van der Waals surface area contributed by atoms with Gasteiger partial charge in [-0.15, -0.1) is 0 Å². The molecule has 0 aromatic rings. The van der Waals surface area contributed by atoms with Crippen LogP contribution in [0.25, 0.3) is 0 Å². The molecule has 7 N–H and O–H groups in total. The molecule has 368 valence electrons. The number of hydrogen-bond acceptors (Lipinski definition) is 15. The van der Waals surface area contributed by atoms with Gasteiger partial charge in [0.05, 0.1) is 42.0 Å². The van der Waals surface area contributed by atoms with Gasteiger partial charge in [-0.1, -0.05) is 64.2 Å². The number of methoxy groups -OCH3 is 2. The number of carbonyl (C=O) groups excluding carboxylic acids is 4. The lowest BCUT2D eigenvalue weighted by molar-refractivity contribution is -0.164. The topological polar surface area (TPSA) is 247 Å². The van der Waals surface area contributed by atoms with E-state index in [1.807, 2.05) is 26.8 Å². The van der Waals surface area contributed by atoms with Crippen molar-refractivity contribution in [2.75, 3.05) is 20.8 Å². The van der Waals surface area contributed by atoms with Crippen LogP contribution in [0.4, 0.5) is 0 Å². The normalized spacial score (nSPS) is 44.0. The van der Waals surface area contributed by atoms with E-state index < -0.39 is 89.0 Å². The highest BCUT2D eigenvalue weighted by Gasteiger charge is 2.80. The van der Waals surface area contributed by atoms with E-state index in [0.29, 0.717) is 38.5 Å². The molecular formula is C50H78O15. The van der Waals surface area contributed by atoms with Crippen molar-refractivity contribution in [3.8, 4) is 0 Å². The number of aliphatic hydroxyl groups excluding tert-OH is 6. The fraction of sp³-hybridized carbons (Fsp3) is 0.760. The Morgan fingerprint density at radius 1 is 0.846 bits per heavy atom. The number of rotatable bonds is 5. The Labute approximate surface area is 384 Å². The molecule has 0 saturated heterocycles. The van der Waals surface area contributed by atoms with Crippen LogP contribution in [0.2, 0.25) is 0 Å². The summed E-state index contributed by atoms with van der Waals surface area (Å²) in [5, 5.41) is 77.2. The van der Waals surface area contributed by atoms with Crippen molar-refractivity contribution in [1.29, 1.82) is 0 Å². The average molecular weight is 919 g/mol. The average Bonchev–Trinajstić information content (AvgIpc) is 3.75. The number of aliphatic hydroxyl groups is 7. The molecule has 1 spiro atoms. The fourth-order valence-electron chi connectivity index (χ4n) is 10.5. The molecule has 0 aromatic heterocycles. The molecule has 0 amide bonds. The van der Waals surface area contributed by atoms with Crippen LogP contribution in [0, 0.1) is 34.5 Å². The standard InChI is InChI=1S/C50H78O15/c1-28-13-11-10-12-14-29(2)41(63-9)26-49(61)19-18-48(7)47(60)50(48,27-49)45(58)33(6)64-20-17-36(52)46(59)65-39(31(4)23-34-15-16-35(51)40(24-34)62-8)25-37(53)30(3)22-32(5)42(55)44(57)43(56)38(54)21-28/h10-14,22,28,30-31,33-36,38-42,44,47,51-52,54-55,57,60-61H,15-21,23-27H2,1-9H3/b12-10+,13-11+,29-14?,32-22+/t28-,30-,31?,33+,34+,35?,36+,38-,39-,40-,41+,42+,44-,47+,48?,49+,50?/m1/s1. The van der Waals surface area contributed by atoms with Crippen LogP contribution < -0.4 is 0 Å². The van der Waals surface area contributed by atoms with E-state index in [4.69, 9.17) is 18.9 Å². The monoisotopic (exact) mass is 919 g/mol. The molecule has 1 heterocycles. The lowest BCUT2D eigenvalue weighted by Crippen LogP contribution is -2.47. The second-order valence-electron chi connectivity index (χ2n) is 20.1. The van der Waals surface area contributed by atoms with Gasteiger partial charge >= 0.3 is 5.97 Å². The second kappa shape index (κ2) is 23.4. The number of cyclic esters (lactones) is 1. The SMILES string of the molecule is CO[C@H]1C[C@@]2(O)CCC3(C)[C@H](O)C3(C2)C(=O)[C@H](C)OCC[C@H](O)C(=O)O[C@@H](C(C)C[C@@H]2CCC(O)[C@H](OC)C2)CC(=O)[C@H](C)/C=C(\C)[C@H](O)[C@@H](O)C(=O)[C@H](O)C[C@H](C)/C=C/C=C/C=C1C. The van der Waals surface area contributed by atoms with Crippen LogP contribution >= 0.6 is 0 Å². The van der Waals surface area contributed by atoms with E-state index in [1.165, 1.54) is 27.2 Å². The van der Waals surface area contributed by atoms with E-state index in [2.05, 4.69) is 0 Å². The van der Waals surface area contributed by atoms with Gasteiger partial charge in [0, 0.05) is 44.8 Å². The van der Waals surface area contributed by atoms with Gasteiger partial charge in [-0.3, -0.25) is 14.4 Å². The van der Waals surface area contributed by atoms with Crippen molar-refractivity contribution in [1.82, 2.24) is 0 Å².